The molecule has 0 aliphatic carbocycles. The van der Waals surface area contributed by atoms with Gasteiger partial charge in [0.1, 0.15) is 12.4 Å². The number of hydrogen-bond donors (Lipinski definition) is 1. The third-order valence-corrected chi connectivity index (χ3v) is 4.39. The van der Waals surface area contributed by atoms with Gasteiger partial charge in [-0.15, -0.1) is 0 Å². The van der Waals surface area contributed by atoms with E-state index in [0.29, 0.717) is 23.2 Å². The molecule has 0 aliphatic heterocycles. The maximum atomic E-state index is 6.17. The second-order valence-electron chi connectivity index (χ2n) is 5.84. The first-order valence-corrected chi connectivity index (χ1v) is 8.82. The number of hydrogen-bond acceptors (Lipinski definition) is 2. The van der Waals surface area contributed by atoms with Crippen LogP contribution >= 0.6 is 23.2 Å². The molecule has 0 unspecified atom stereocenters. The smallest absolute Gasteiger partial charge is 0.124 e. The molecule has 25 heavy (non-hydrogen) atoms. The topological polar surface area (TPSA) is 21.3 Å². The summed E-state index contributed by atoms with van der Waals surface area (Å²) in [6.07, 6.45) is 0. The molecule has 3 aromatic rings. The van der Waals surface area contributed by atoms with Gasteiger partial charge in [-0.1, -0.05) is 53.5 Å². The molecular formula is C21H19Cl2NO. The molecule has 1 N–H and O–H groups in total. The number of rotatable bonds is 6. The summed E-state index contributed by atoms with van der Waals surface area (Å²) in [5.41, 5.74) is 4.34. The minimum atomic E-state index is 0.458. The lowest BCUT2D eigenvalue weighted by atomic mass is 10.1. The van der Waals surface area contributed by atoms with Crippen LogP contribution < -0.4 is 10.1 Å². The lowest BCUT2D eigenvalue weighted by Gasteiger charge is -2.14. The molecule has 0 amide bonds. The highest BCUT2D eigenvalue weighted by atomic mass is 35.5. The molecule has 0 radical (unpaired) electrons. The molecule has 0 aromatic heterocycles. The molecule has 0 aliphatic rings. The SMILES string of the molecule is Cc1ccccc1NCc1cc(Cl)ccc1OCc1cccc(Cl)c1. The summed E-state index contributed by atoms with van der Waals surface area (Å²) in [5, 5.41) is 4.84. The van der Waals surface area contributed by atoms with Crippen LogP contribution in [-0.2, 0) is 13.2 Å². The van der Waals surface area contributed by atoms with Crippen molar-refractivity contribution in [2.24, 2.45) is 0 Å². The predicted molar refractivity (Wildman–Crippen MR) is 106 cm³/mol. The number of para-hydroxylation sites is 1. The van der Waals surface area contributed by atoms with Crippen LogP contribution in [0.2, 0.25) is 10.0 Å². The number of benzene rings is 3. The highest BCUT2D eigenvalue weighted by Gasteiger charge is 2.07. The fourth-order valence-electron chi connectivity index (χ4n) is 2.58. The summed E-state index contributed by atoms with van der Waals surface area (Å²) in [7, 11) is 0. The number of anilines is 1. The third kappa shape index (κ3) is 4.91. The lowest BCUT2D eigenvalue weighted by molar-refractivity contribution is 0.303. The van der Waals surface area contributed by atoms with Crippen LogP contribution in [0.25, 0.3) is 0 Å². The molecule has 3 aromatic carbocycles. The molecule has 0 bridgehead atoms. The van der Waals surface area contributed by atoms with E-state index in [1.165, 1.54) is 5.56 Å². The summed E-state index contributed by atoms with van der Waals surface area (Å²) < 4.78 is 5.99. The summed E-state index contributed by atoms with van der Waals surface area (Å²) in [4.78, 5) is 0. The molecule has 0 saturated heterocycles. The van der Waals surface area contributed by atoms with Crippen LogP contribution in [0.15, 0.2) is 66.7 Å². The van der Waals surface area contributed by atoms with E-state index in [-0.39, 0.29) is 0 Å². The summed E-state index contributed by atoms with van der Waals surface area (Å²) >= 11 is 12.2. The predicted octanol–water partition coefficient (Wildman–Crippen LogP) is 6.49. The van der Waals surface area contributed by atoms with E-state index < -0.39 is 0 Å². The largest absolute Gasteiger partial charge is 0.489 e. The molecule has 0 saturated carbocycles. The van der Waals surface area contributed by atoms with Crippen molar-refractivity contribution >= 4 is 28.9 Å². The van der Waals surface area contributed by atoms with Crippen LogP contribution in [0.4, 0.5) is 5.69 Å². The maximum Gasteiger partial charge on any atom is 0.124 e. The quantitative estimate of drug-likeness (QED) is 0.534. The number of nitrogens with one attached hydrogen (secondary N) is 1. The molecular weight excluding hydrogens is 353 g/mol. The van der Waals surface area contributed by atoms with E-state index in [2.05, 4.69) is 24.4 Å². The average Bonchev–Trinajstić information content (AvgIpc) is 2.60. The normalized spacial score (nSPS) is 10.5. The van der Waals surface area contributed by atoms with Crippen LogP contribution in [0.5, 0.6) is 5.75 Å². The molecule has 3 rings (SSSR count). The Morgan fingerprint density at radius 3 is 2.48 bits per heavy atom. The lowest BCUT2D eigenvalue weighted by Crippen LogP contribution is -2.04. The van der Waals surface area contributed by atoms with Crippen molar-refractivity contribution in [3.63, 3.8) is 0 Å². The second kappa shape index (κ2) is 8.28. The second-order valence-corrected chi connectivity index (χ2v) is 6.71. The first-order valence-electron chi connectivity index (χ1n) is 8.07. The molecule has 0 fully saturated rings. The minimum absolute atomic E-state index is 0.458. The summed E-state index contributed by atoms with van der Waals surface area (Å²) in [6.45, 7) is 3.17. The fraction of sp³-hybridized carbons (Fsp3) is 0.143. The van der Waals surface area contributed by atoms with Crippen molar-refractivity contribution in [2.45, 2.75) is 20.1 Å². The van der Waals surface area contributed by atoms with Gasteiger partial charge in [0.15, 0.2) is 0 Å². The number of halogens is 2. The van der Waals surface area contributed by atoms with Crippen LogP contribution in [-0.4, -0.2) is 0 Å². The first-order chi connectivity index (χ1) is 12.1. The van der Waals surface area contributed by atoms with Gasteiger partial charge in [0.2, 0.25) is 0 Å². The minimum Gasteiger partial charge on any atom is -0.489 e. The molecule has 128 valence electrons. The highest BCUT2D eigenvalue weighted by molar-refractivity contribution is 6.30. The van der Waals surface area contributed by atoms with Crippen molar-refractivity contribution in [3.05, 3.63) is 93.5 Å². The van der Waals surface area contributed by atoms with Crippen LogP contribution in [0.3, 0.4) is 0 Å². The van der Waals surface area contributed by atoms with Crippen molar-refractivity contribution in [1.82, 2.24) is 0 Å². The van der Waals surface area contributed by atoms with Gasteiger partial charge in [-0.05, 0) is 54.4 Å². The molecule has 0 heterocycles. The zero-order valence-electron chi connectivity index (χ0n) is 13.9. The molecule has 4 heteroatoms. The molecule has 0 atom stereocenters. The van der Waals surface area contributed by atoms with E-state index in [4.69, 9.17) is 27.9 Å². The molecule has 0 spiro atoms. The van der Waals surface area contributed by atoms with Gasteiger partial charge < -0.3 is 10.1 Å². The Hall–Kier alpha value is -2.16. The number of aryl methyl sites for hydroxylation is 1. The van der Waals surface area contributed by atoms with Gasteiger partial charge in [-0.25, -0.2) is 0 Å². The van der Waals surface area contributed by atoms with Gasteiger partial charge in [0.25, 0.3) is 0 Å². The van der Waals surface area contributed by atoms with E-state index in [0.717, 1.165) is 22.6 Å². The van der Waals surface area contributed by atoms with Crippen molar-refractivity contribution < 1.29 is 4.74 Å². The average molecular weight is 372 g/mol. The standard InChI is InChI=1S/C21H19Cl2NO/c1-15-5-2-3-8-20(15)24-13-17-12-19(23)9-10-21(17)25-14-16-6-4-7-18(22)11-16/h2-12,24H,13-14H2,1H3. The Morgan fingerprint density at radius 2 is 1.68 bits per heavy atom. The van der Waals surface area contributed by atoms with Gasteiger partial charge in [-0.3, -0.25) is 0 Å². The van der Waals surface area contributed by atoms with Crippen molar-refractivity contribution in [1.29, 1.82) is 0 Å². The zero-order valence-corrected chi connectivity index (χ0v) is 15.4. The Morgan fingerprint density at radius 1 is 0.880 bits per heavy atom. The van der Waals surface area contributed by atoms with Crippen LogP contribution in [0.1, 0.15) is 16.7 Å². The third-order valence-electron chi connectivity index (χ3n) is 3.92. The van der Waals surface area contributed by atoms with E-state index >= 15 is 0 Å². The Labute approximate surface area is 158 Å². The Bertz CT molecular complexity index is 864. The van der Waals surface area contributed by atoms with E-state index in [9.17, 15) is 0 Å². The molecule has 2 nitrogen and oxygen atoms in total. The summed E-state index contributed by atoms with van der Waals surface area (Å²) in [6, 6.07) is 21.5. The van der Waals surface area contributed by atoms with Crippen molar-refractivity contribution in [2.75, 3.05) is 5.32 Å². The first kappa shape index (κ1) is 17.7. The van der Waals surface area contributed by atoms with Gasteiger partial charge >= 0.3 is 0 Å². The highest BCUT2D eigenvalue weighted by Crippen LogP contribution is 2.26. The fourth-order valence-corrected chi connectivity index (χ4v) is 2.98. The van der Waals surface area contributed by atoms with E-state index in [1.807, 2.05) is 54.6 Å². The summed E-state index contributed by atoms with van der Waals surface area (Å²) in [5.74, 6) is 0.811. The van der Waals surface area contributed by atoms with Gasteiger partial charge in [-0.2, -0.15) is 0 Å². The maximum absolute atomic E-state index is 6.17. The number of ether oxygens (including phenoxy) is 1. The monoisotopic (exact) mass is 371 g/mol. The Kier molecular flexibility index (Phi) is 5.85. The van der Waals surface area contributed by atoms with Crippen molar-refractivity contribution in [3.8, 4) is 5.75 Å². The van der Waals surface area contributed by atoms with E-state index in [1.54, 1.807) is 0 Å². The van der Waals surface area contributed by atoms with Gasteiger partial charge in [0.05, 0.1) is 0 Å². The van der Waals surface area contributed by atoms with Crippen LogP contribution in [0, 0.1) is 6.92 Å². The Balaban J connectivity index is 1.73. The zero-order chi connectivity index (χ0) is 17.6. The van der Waals surface area contributed by atoms with Gasteiger partial charge in [0, 0.05) is 27.8 Å².